The number of rotatable bonds is 5. The molecule has 0 aromatic carbocycles. The van der Waals surface area contributed by atoms with Gasteiger partial charge in [0.1, 0.15) is 0 Å². The van der Waals surface area contributed by atoms with Crippen LogP contribution in [-0.2, 0) is 26.2 Å². The zero-order valence-electron chi connectivity index (χ0n) is 15.3. The molecule has 6 heteroatoms. The van der Waals surface area contributed by atoms with Crippen LogP contribution in [0.3, 0.4) is 0 Å². The Morgan fingerprint density at radius 1 is 0.682 bits per heavy atom. The molecule has 0 aliphatic carbocycles. The Balaban J connectivity index is -0.0000000376. The summed E-state index contributed by atoms with van der Waals surface area (Å²) in [7, 11) is 0. The summed E-state index contributed by atoms with van der Waals surface area (Å²) in [6.07, 6.45) is 4.27. The first-order valence-electron chi connectivity index (χ1n) is 7.88. The molecule has 0 saturated carbocycles. The molecule has 0 rings (SSSR count). The normalized spacial score (nSPS) is 12.1. The fraction of sp³-hybridized carbons (Fsp3) is 1.00. The van der Waals surface area contributed by atoms with Crippen LogP contribution in [0.5, 0.6) is 0 Å². The molecule has 0 amide bonds. The van der Waals surface area contributed by atoms with E-state index in [1.807, 2.05) is 20.8 Å². The van der Waals surface area contributed by atoms with Gasteiger partial charge in [0.25, 0.3) is 0 Å². The van der Waals surface area contributed by atoms with Crippen molar-refractivity contribution in [2.45, 2.75) is 98.9 Å². The van der Waals surface area contributed by atoms with Crippen molar-refractivity contribution >= 4 is 17.4 Å². The summed E-state index contributed by atoms with van der Waals surface area (Å²) in [5, 5.41) is 33.1. The van der Waals surface area contributed by atoms with Gasteiger partial charge in [-0.25, -0.2) is 0 Å². The van der Waals surface area contributed by atoms with Crippen LogP contribution in [0.2, 0.25) is 0 Å². The number of aliphatic hydroxyl groups excluding tert-OH is 4. The molecule has 0 saturated heterocycles. The molecule has 138 valence electrons. The van der Waals surface area contributed by atoms with Crippen molar-refractivity contribution in [3.05, 3.63) is 0 Å². The molecule has 0 bridgehead atoms. The minimum atomic E-state index is -0.116. The zero-order chi connectivity index (χ0) is 17.0. The molecule has 22 heavy (non-hydrogen) atoms. The summed E-state index contributed by atoms with van der Waals surface area (Å²) >= 11 is 0. The van der Waals surface area contributed by atoms with E-state index in [9.17, 15) is 0 Å². The van der Waals surface area contributed by atoms with E-state index in [0.29, 0.717) is 6.61 Å². The van der Waals surface area contributed by atoms with Crippen molar-refractivity contribution in [1.82, 2.24) is 0 Å². The van der Waals surface area contributed by atoms with Crippen LogP contribution in [0.1, 0.15) is 80.6 Å². The molecule has 0 radical (unpaired) electrons. The number of unbranched alkanes of at least 4 members (excludes halogenated alkanes) is 1. The van der Waals surface area contributed by atoms with Gasteiger partial charge in [0.2, 0.25) is 0 Å². The number of hydrogen-bond acceptors (Lipinski definition) is 4. The van der Waals surface area contributed by atoms with Crippen molar-refractivity contribution in [2.24, 2.45) is 0 Å². The van der Waals surface area contributed by atoms with Crippen molar-refractivity contribution in [2.75, 3.05) is 6.61 Å². The van der Waals surface area contributed by atoms with Crippen LogP contribution in [0.15, 0.2) is 0 Å². The Bertz CT molecular complexity index is 116. The SMILES string of the molecule is CCC(C)O.CCC(C)O.CCC(C)O.CCCCO.[AlH3].[Zr]. The molecule has 0 aliphatic heterocycles. The Kier molecular flexibility index (Phi) is 66.9. The molecular weight excluding hydrogens is 374 g/mol. The van der Waals surface area contributed by atoms with Gasteiger partial charge in [0.15, 0.2) is 17.4 Å². The molecule has 0 aliphatic rings. The van der Waals surface area contributed by atoms with E-state index in [4.69, 9.17) is 20.4 Å². The van der Waals surface area contributed by atoms with Crippen LogP contribution < -0.4 is 0 Å². The van der Waals surface area contributed by atoms with E-state index in [1.165, 1.54) is 0 Å². The second kappa shape index (κ2) is 38.1. The quantitative estimate of drug-likeness (QED) is 0.515. The Labute approximate surface area is 169 Å². The smallest absolute Gasteiger partial charge is 0.187 e. The van der Waals surface area contributed by atoms with Gasteiger partial charge in [0, 0.05) is 32.8 Å². The second-order valence-corrected chi connectivity index (χ2v) is 4.85. The average molecular weight is 418 g/mol. The largest absolute Gasteiger partial charge is 0.396 e. The van der Waals surface area contributed by atoms with Crippen molar-refractivity contribution in [3.8, 4) is 0 Å². The molecule has 4 N–H and O–H groups in total. The maximum absolute atomic E-state index is 8.36. The van der Waals surface area contributed by atoms with E-state index in [0.717, 1.165) is 32.1 Å². The van der Waals surface area contributed by atoms with Gasteiger partial charge in [0.05, 0.1) is 18.3 Å². The maximum atomic E-state index is 8.36. The first-order chi connectivity index (χ1) is 9.22. The van der Waals surface area contributed by atoms with Gasteiger partial charge >= 0.3 is 0 Å². The topological polar surface area (TPSA) is 80.9 Å². The standard InChI is InChI=1S/4C4H10O.Al.Zr.3H/c3*1-3-4(2)5;1-2-3-4-5;;;;;/h3*4-5H,3H2,1-2H3;5H,2-4H2,1H3;;;;;. The third kappa shape index (κ3) is 102. The van der Waals surface area contributed by atoms with E-state index < -0.39 is 0 Å². The Hall–Kier alpha value is 1.26. The molecule has 0 fully saturated rings. The fourth-order valence-electron chi connectivity index (χ4n) is 0.158. The summed E-state index contributed by atoms with van der Waals surface area (Å²) in [5.41, 5.74) is 0. The fourth-order valence-corrected chi connectivity index (χ4v) is 0.158. The van der Waals surface area contributed by atoms with Crippen LogP contribution in [0, 0.1) is 0 Å². The Morgan fingerprint density at radius 3 is 0.864 bits per heavy atom. The third-order valence-corrected chi connectivity index (χ3v) is 2.28. The van der Waals surface area contributed by atoms with Gasteiger partial charge in [-0.2, -0.15) is 0 Å². The molecule has 4 nitrogen and oxygen atoms in total. The minimum absolute atomic E-state index is 0. The summed E-state index contributed by atoms with van der Waals surface area (Å²) in [4.78, 5) is 0. The minimum Gasteiger partial charge on any atom is -0.396 e. The predicted molar refractivity (Wildman–Crippen MR) is 97.8 cm³/mol. The van der Waals surface area contributed by atoms with Gasteiger partial charge in [-0.05, 0) is 46.5 Å². The van der Waals surface area contributed by atoms with Crippen LogP contribution in [0.25, 0.3) is 0 Å². The van der Waals surface area contributed by atoms with Gasteiger partial charge < -0.3 is 20.4 Å². The van der Waals surface area contributed by atoms with Crippen molar-refractivity contribution in [1.29, 1.82) is 0 Å². The monoisotopic (exact) mass is 416 g/mol. The molecule has 3 atom stereocenters. The van der Waals surface area contributed by atoms with Gasteiger partial charge in [-0.1, -0.05) is 34.1 Å². The second-order valence-electron chi connectivity index (χ2n) is 4.85. The summed E-state index contributed by atoms with van der Waals surface area (Å²) < 4.78 is 0. The molecule has 0 spiro atoms. The van der Waals surface area contributed by atoms with E-state index in [1.54, 1.807) is 20.8 Å². The first kappa shape index (κ1) is 38.7. The van der Waals surface area contributed by atoms with Crippen molar-refractivity contribution in [3.63, 3.8) is 0 Å². The average Bonchev–Trinajstić information content (AvgIpc) is 2.41. The van der Waals surface area contributed by atoms with Crippen molar-refractivity contribution < 1.29 is 46.6 Å². The predicted octanol–water partition coefficient (Wildman–Crippen LogP) is 1.92. The molecule has 0 heterocycles. The van der Waals surface area contributed by atoms with Gasteiger partial charge in [-0.15, -0.1) is 0 Å². The van der Waals surface area contributed by atoms with E-state index in [2.05, 4.69) is 6.92 Å². The summed E-state index contributed by atoms with van der Waals surface area (Å²) in [6, 6.07) is 0. The van der Waals surface area contributed by atoms with Gasteiger partial charge in [-0.3, -0.25) is 0 Å². The van der Waals surface area contributed by atoms with Crippen LogP contribution in [0.4, 0.5) is 0 Å². The maximum Gasteiger partial charge on any atom is 0.187 e. The Morgan fingerprint density at radius 2 is 0.864 bits per heavy atom. The third-order valence-electron chi connectivity index (χ3n) is 2.28. The zero-order valence-corrected chi connectivity index (χ0v) is 17.7. The number of hydrogen-bond donors (Lipinski definition) is 4. The van der Waals surface area contributed by atoms with Crippen LogP contribution in [-0.4, -0.2) is 62.7 Å². The van der Waals surface area contributed by atoms with Crippen LogP contribution >= 0.6 is 0 Å². The molecular formula is C16H43AlO4Zr. The first-order valence-corrected chi connectivity index (χ1v) is 7.88. The molecule has 0 aromatic heterocycles. The summed E-state index contributed by atoms with van der Waals surface area (Å²) in [6.45, 7) is 13.6. The molecule has 0 aromatic rings. The summed E-state index contributed by atoms with van der Waals surface area (Å²) in [5.74, 6) is 0. The van der Waals surface area contributed by atoms with E-state index >= 15 is 0 Å². The number of aliphatic hydroxyl groups is 4. The van der Waals surface area contributed by atoms with E-state index in [-0.39, 0.29) is 61.9 Å². The molecule has 3 unspecified atom stereocenters.